The van der Waals surface area contributed by atoms with Gasteiger partial charge in [0.15, 0.2) is 0 Å². The molecule has 1 aliphatic rings. The van der Waals surface area contributed by atoms with Crippen molar-refractivity contribution in [3.05, 3.63) is 45.5 Å². The number of rotatable bonds is 3. The van der Waals surface area contributed by atoms with Gasteiger partial charge in [0.1, 0.15) is 17.0 Å². The average Bonchev–Trinajstić information content (AvgIpc) is 3.25. The Morgan fingerprint density at radius 2 is 1.92 bits per heavy atom. The summed E-state index contributed by atoms with van der Waals surface area (Å²) in [6.45, 7) is 4.02. The van der Waals surface area contributed by atoms with Gasteiger partial charge in [-0.05, 0) is 49.6 Å². The second kappa shape index (κ2) is 6.72. The van der Waals surface area contributed by atoms with Gasteiger partial charge in [0.25, 0.3) is 5.91 Å². The first-order chi connectivity index (χ1) is 12.1. The van der Waals surface area contributed by atoms with Crippen molar-refractivity contribution in [3.63, 3.8) is 0 Å². The summed E-state index contributed by atoms with van der Waals surface area (Å²) in [5.74, 6) is 0.856. The molecule has 1 amide bonds. The predicted molar refractivity (Wildman–Crippen MR) is 106 cm³/mol. The van der Waals surface area contributed by atoms with Gasteiger partial charge in [0, 0.05) is 23.2 Å². The lowest BCUT2D eigenvalue weighted by Gasteiger charge is -2.17. The highest BCUT2D eigenvalue weighted by Crippen LogP contribution is 2.36. The van der Waals surface area contributed by atoms with E-state index < -0.39 is 0 Å². The lowest BCUT2D eigenvalue weighted by Crippen LogP contribution is -2.19. The molecule has 2 aromatic heterocycles. The number of aryl methyl sites for hydroxylation is 1. The summed E-state index contributed by atoms with van der Waals surface area (Å²) in [6, 6.07) is 7.56. The molecule has 1 aromatic carbocycles. The summed E-state index contributed by atoms with van der Waals surface area (Å²) in [5.41, 5.74) is 1.73. The number of thiophene rings is 1. The second-order valence-electron chi connectivity index (χ2n) is 6.09. The van der Waals surface area contributed by atoms with Crippen molar-refractivity contribution in [2.45, 2.75) is 19.8 Å². The third-order valence-electron chi connectivity index (χ3n) is 4.42. The molecule has 3 aromatic rings. The number of fused-ring (bicyclic) bond motifs is 1. The minimum absolute atomic E-state index is 0.102. The van der Waals surface area contributed by atoms with Crippen LogP contribution >= 0.6 is 27.3 Å². The molecule has 1 N–H and O–H groups in total. The van der Waals surface area contributed by atoms with Crippen LogP contribution in [0, 0.1) is 6.92 Å². The molecule has 128 valence electrons. The minimum Gasteiger partial charge on any atom is -0.356 e. The third kappa shape index (κ3) is 3.14. The van der Waals surface area contributed by atoms with Gasteiger partial charge in [-0.1, -0.05) is 15.9 Å². The highest BCUT2D eigenvalue weighted by molar-refractivity contribution is 9.10. The van der Waals surface area contributed by atoms with E-state index >= 15 is 0 Å². The van der Waals surface area contributed by atoms with Gasteiger partial charge in [0.05, 0.1) is 10.3 Å². The van der Waals surface area contributed by atoms with E-state index in [-0.39, 0.29) is 5.91 Å². The fourth-order valence-corrected chi connectivity index (χ4v) is 4.46. The molecule has 0 bridgehead atoms. The maximum absolute atomic E-state index is 12.7. The van der Waals surface area contributed by atoms with Crippen molar-refractivity contribution in [1.82, 2.24) is 9.97 Å². The fraction of sp³-hybridized carbons (Fsp3) is 0.278. The van der Waals surface area contributed by atoms with E-state index in [0.717, 1.165) is 44.8 Å². The van der Waals surface area contributed by atoms with E-state index in [2.05, 4.69) is 36.1 Å². The Hall–Kier alpha value is -1.99. The normalized spacial score (nSPS) is 14.2. The molecule has 0 unspecified atom stereocenters. The van der Waals surface area contributed by atoms with Crippen molar-refractivity contribution in [2.24, 2.45) is 0 Å². The summed E-state index contributed by atoms with van der Waals surface area (Å²) in [6.07, 6.45) is 3.97. The number of hydrogen-bond acceptors (Lipinski definition) is 5. The van der Waals surface area contributed by atoms with Crippen LogP contribution in [0.25, 0.3) is 10.2 Å². The number of amides is 1. The minimum atomic E-state index is -0.102. The molecule has 5 nitrogen and oxygen atoms in total. The lowest BCUT2D eigenvalue weighted by molar-refractivity contribution is 0.103. The standard InChI is InChI=1S/C18H17BrN4OS/c1-11-14-16(23-8-2-3-9-23)20-10-21-18(14)25-15(11)17(24)22-13-6-4-12(19)5-7-13/h4-7,10H,2-3,8-9H2,1H3,(H,22,24). The first-order valence-corrected chi connectivity index (χ1v) is 9.80. The monoisotopic (exact) mass is 416 g/mol. The van der Waals surface area contributed by atoms with E-state index in [1.54, 1.807) is 6.33 Å². The number of nitrogens with one attached hydrogen (secondary N) is 1. The molecule has 25 heavy (non-hydrogen) atoms. The maximum atomic E-state index is 12.7. The summed E-state index contributed by atoms with van der Waals surface area (Å²) in [7, 11) is 0. The maximum Gasteiger partial charge on any atom is 0.266 e. The number of carbonyl (C=O) groups excluding carboxylic acids is 1. The molecule has 1 fully saturated rings. The van der Waals surface area contributed by atoms with Gasteiger partial charge in [-0.2, -0.15) is 0 Å². The zero-order chi connectivity index (χ0) is 17.4. The van der Waals surface area contributed by atoms with Gasteiger partial charge in [-0.25, -0.2) is 9.97 Å². The van der Waals surface area contributed by atoms with E-state index in [1.165, 1.54) is 24.2 Å². The third-order valence-corrected chi connectivity index (χ3v) is 6.15. The highest BCUT2D eigenvalue weighted by atomic mass is 79.9. The van der Waals surface area contributed by atoms with Crippen LogP contribution in [0.4, 0.5) is 11.5 Å². The van der Waals surface area contributed by atoms with Crippen LogP contribution in [0.15, 0.2) is 35.1 Å². The number of aromatic nitrogens is 2. The Labute approximate surface area is 158 Å². The molecule has 0 aliphatic carbocycles. The van der Waals surface area contributed by atoms with Crippen molar-refractivity contribution in [2.75, 3.05) is 23.3 Å². The first kappa shape index (κ1) is 16.5. The predicted octanol–water partition coefficient (Wildman–Crippen LogP) is 4.61. The first-order valence-electron chi connectivity index (χ1n) is 8.19. The highest BCUT2D eigenvalue weighted by Gasteiger charge is 2.23. The lowest BCUT2D eigenvalue weighted by atomic mass is 10.2. The molecular weight excluding hydrogens is 400 g/mol. The zero-order valence-electron chi connectivity index (χ0n) is 13.8. The molecule has 0 atom stereocenters. The van der Waals surface area contributed by atoms with Crippen LogP contribution in [0.3, 0.4) is 0 Å². The molecule has 3 heterocycles. The van der Waals surface area contributed by atoms with Crippen LogP contribution < -0.4 is 10.2 Å². The number of carbonyl (C=O) groups is 1. The van der Waals surface area contributed by atoms with Crippen molar-refractivity contribution < 1.29 is 4.79 Å². The molecule has 0 saturated carbocycles. The van der Waals surface area contributed by atoms with E-state index in [4.69, 9.17) is 0 Å². The topological polar surface area (TPSA) is 58.1 Å². The van der Waals surface area contributed by atoms with E-state index in [0.29, 0.717) is 4.88 Å². The molecule has 1 saturated heterocycles. The Balaban J connectivity index is 1.70. The van der Waals surface area contributed by atoms with Crippen molar-refractivity contribution in [1.29, 1.82) is 0 Å². The molecule has 0 spiro atoms. The number of benzene rings is 1. The van der Waals surface area contributed by atoms with Crippen molar-refractivity contribution in [3.8, 4) is 0 Å². The number of halogens is 1. The molecular formula is C18H17BrN4OS. The molecule has 0 radical (unpaired) electrons. The van der Waals surface area contributed by atoms with Crippen LogP contribution in [0.5, 0.6) is 0 Å². The van der Waals surface area contributed by atoms with Gasteiger partial charge in [-0.3, -0.25) is 4.79 Å². The summed E-state index contributed by atoms with van der Waals surface area (Å²) >= 11 is 4.83. The summed E-state index contributed by atoms with van der Waals surface area (Å²) in [5, 5.41) is 3.97. The number of anilines is 2. The van der Waals surface area contributed by atoms with Gasteiger partial charge in [0.2, 0.25) is 0 Å². The smallest absolute Gasteiger partial charge is 0.266 e. The van der Waals surface area contributed by atoms with Crippen LogP contribution in [-0.2, 0) is 0 Å². The number of nitrogens with zero attached hydrogens (tertiary/aromatic N) is 3. The average molecular weight is 417 g/mol. The SMILES string of the molecule is Cc1c(C(=O)Nc2ccc(Br)cc2)sc2ncnc(N3CCCC3)c12. The van der Waals surface area contributed by atoms with E-state index in [1.807, 2.05) is 31.2 Å². The Morgan fingerprint density at radius 3 is 2.64 bits per heavy atom. The molecule has 7 heteroatoms. The summed E-state index contributed by atoms with van der Waals surface area (Å²) < 4.78 is 0.981. The Kier molecular flexibility index (Phi) is 4.43. The van der Waals surface area contributed by atoms with Gasteiger partial charge >= 0.3 is 0 Å². The fourth-order valence-electron chi connectivity index (χ4n) is 3.16. The van der Waals surface area contributed by atoms with Crippen LogP contribution in [0.1, 0.15) is 28.1 Å². The molecule has 1 aliphatic heterocycles. The quantitative estimate of drug-likeness (QED) is 0.676. The molecule has 4 rings (SSSR count). The van der Waals surface area contributed by atoms with Gasteiger partial charge < -0.3 is 10.2 Å². The van der Waals surface area contributed by atoms with Crippen molar-refractivity contribution >= 4 is 54.9 Å². The van der Waals surface area contributed by atoms with Crippen LogP contribution in [0.2, 0.25) is 0 Å². The van der Waals surface area contributed by atoms with Gasteiger partial charge in [-0.15, -0.1) is 11.3 Å². The van der Waals surface area contributed by atoms with E-state index in [9.17, 15) is 4.79 Å². The summed E-state index contributed by atoms with van der Waals surface area (Å²) in [4.78, 5) is 25.5. The zero-order valence-corrected chi connectivity index (χ0v) is 16.2. The second-order valence-corrected chi connectivity index (χ2v) is 8.00. The number of hydrogen-bond donors (Lipinski definition) is 1. The van der Waals surface area contributed by atoms with Crippen LogP contribution in [-0.4, -0.2) is 29.0 Å². The largest absolute Gasteiger partial charge is 0.356 e. The Bertz CT molecular complexity index is 932. The Morgan fingerprint density at radius 1 is 1.20 bits per heavy atom.